The summed E-state index contributed by atoms with van der Waals surface area (Å²) in [6.07, 6.45) is 0.0369. The summed E-state index contributed by atoms with van der Waals surface area (Å²) in [4.78, 5) is 107. The molecule has 0 aliphatic carbocycles. The standard InChI is InChI=1S/C37H43N7O12/c38-23(9-12-30(45)46)33(51)43-28(15-19-17-39-24-7-3-1-5-21(19)24)35(53)41-26(10-13-31(47)48)34(52)44-29(16-20-18-40-25-8-4-2-6-22(20)25)36(54)42-27(37(55)56)11-14-32(49)50/h1-8,17-18,23,26-29,39-40H,9-16,38H2,(H,41,53)(H,42,54)(H,43,51)(H,44,52)(H,45,46)(H,47,48)(H,49,50)(H,55,56)/t23-,26-,27-,28-,29-/m0/s1. The first-order valence-corrected chi connectivity index (χ1v) is 17.6. The quantitative estimate of drug-likeness (QED) is 0.0515. The van der Waals surface area contributed by atoms with E-state index >= 15 is 0 Å². The molecule has 19 heteroatoms. The van der Waals surface area contributed by atoms with E-state index in [4.69, 9.17) is 15.9 Å². The molecule has 56 heavy (non-hydrogen) atoms. The van der Waals surface area contributed by atoms with Crippen molar-refractivity contribution in [2.24, 2.45) is 5.73 Å². The minimum atomic E-state index is -1.64. The maximum absolute atomic E-state index is 14.0. The topological polar surface area (TPSA) is 323 Å². The predicted molar refractivity (Wildman–Crippen MR) is 198 cm³/mol. The number of hydrogen-bond acceptors (Lipinski definition) is 9. The number of H-pyrrole nitrogens is 2. The molecule has 0 aliphatic rings. The first kappa shape index (κ1) is 42.0. The van der Waals surface area contributed by atoms with Crippen LogP contribution in [-0.2, 0) is 51.2 Å². The third-order valence-corrected chi connectivity index (χ3v) is 9.01. The van der Waals surface area contributed by atoms with Crippen LogP contribution in [0.4, 0.5) is 0 Å². The van der Waals surface area contributed by atoms with Crippen molar-refractivity contribution in [2.75, 3.05) is 0 Å². The second-order valence-corrected chi connectivity index (χ2v) is 13.1. The number of aliphatic carboxylic acids is 4. The number of carboxylic acid groups (broad SMARTS) is 4. The Kier molecular flexibility index (Phi) is 14.6. The Morgan fingerprint density at radius 3 is 1.36 bits per heavy atom. The lowest BCUT2D eigenvalue weighted by Gasteiger charge is -2.26. The highest BCUT2D eigenvalue weighted by Crippen LogP contribution is 2.21. The van der Waals surface area contributed by atoms with Gasteiger partial charge in [0.1, 0.15) is 24.2 Å². The van der Waals surface area contributed by atoms with E-state index in [0.29, 0.717) is 27.4 Å². The summed E-state index contributed by atoms with van der Waals surface area (Å²) in [5.41, 5.74) is 8.44. The van der Waals surface area contributed by atoms with E-state index in [0.717, 1.165) is 5.52 Å². The Hall–Kier alpha value is -6.76. The van der Waals surface area contributed by atoms with Crippen LogP contribution in [0.2, 0.25) is 0 Å². The highest BCUT2D eigenvalue weighted by Gasteiger charge is 2.33. The molecule has 0 aliphatic heterocycles. The molecule has 4 rings (SSSR count). The lowest BCUT2D eigenvalue weighted by molar-refractivity contribution is -0.143. The van der Waals surface area contributed by atoms with Gasteiger partial charge in [0.05, 0.1) is 6.04 Å². The number of aromatic nitrogens is 2. The summed E-state index contributed by atoms with van der Waals surface area (Å²) in [6.45, 7) is 0. The monoisotopic (exact) mass is 777 g/mol. The Labute approximate surface area is 318 Å². The fraction of sp³-hybridized carbons (Fsp3) is 0.351. The molecule has 0 bridgehead atoms. The summed E-state index contributed by atoms with van der Waals surface area (Å²) < 4.78 is 0. The van der Waals surface area contributed by atoms with Crippen molar-refractivity contribution in [1.29, 1.82) is 0 Å². The lowest BCUT2D eigenvalue weighted by atomic mass is 10.0. The minimum Gasteiger partial charge on any atom is -0.481 e. The van der Waals surface area contributed by atoms with Crippen molar-refractivity contribution < 1.29 is 58.8 Å². The van der Waals surface area contributed by atoms with Gasteiger partial charge in [-0.25, -0.2) is 4.79 Å². The van der Waals surface area contributed by atoms with Crippen LogP contribution >= 0.6 is 0 Å². The fourth-order valence-electron chi connectivity index (χ4n) is 6.03. The molecule has 298 valence electrons. The minimum absolute atomic E-state index is 0.140. The van der Waals surface area contributed by atoms with Crippen molar-refractivity contribution in [3.63, 3.8) is 0 Å². The fourth-order valence-corrected chi connectivity index (χ4v) is 6.03. The number of aromatic amines is 2. The molecule has 0 fully saturated rings. The number of hydrogen-bond donors (Lipinski definition) is 11. The van der Waals surface area contributed by atoms with Gasteiger partial charge in [-0.15, -0.1) is 0 Å². The summed E-state index contributed by atoms with van der Waals surface area (Å²) in [6, 6.07) is 6.64. The van der Waals surface area contributed by atoms with E-state index in [1.54, 1.807) is 60.9 Å². The number of carbonyl (C=O) groups excluding carboxylic acids is 4. The van der Waals surface area contributed by atoms with Gasteiger partial charge in [-0.1, -0.05) is 36.4 Å². The SMILES string of the molecule is N[C@@H](CCC(=O)O)C(=O)N[C@@H](Cc1c[nH]c2ccccc12)C(=O)N[C@@H](CCC(=O)O)C(=O)N[C@@H](Cc1c[nH]c2ccccc12)C(=O)N[C@@H](CCC(=O)O)C(=O)O. The van der Waals surface area contributed by atoms with Crippen molar-refractivity contribution in [2.45, 2.75) is 81.6 Å². The zero-order valence-electron chi connectivity index (χ0n) is 29.9. The van der Waals surface area contributed by atoms with Crippen LogP contribution in [0.1, 0.15) is 49.7 Å². The molecule has 5 atom stereocenters. The van der Waals surface area contributed by atoms with E-state index in [1.807, 2.05) is 0 Å². The van der Waals surface area contributed by atoms with Crippen molar-refractivity contribution in [1.82, 2.24) is 31.2 Å². The maximum atomic E-state index is 14.0. The summed E-state index contributed by atoms with van der Waals surface area (Å²) in [5.74, 6) is -9.13. The van der Waals surface area contributed by atoms with Gasteiger partial charge in [0.25, 0.3) is 0 Å². The average Bonchev–Trinajstić information content (AvgIpc) is 3.76. The van der Waals surface area contributed by atoms with Gasteiger partial charge in [-0.3, -0.25) is 33.6 Å². The number of amides is 4. The van der Waals surface area contributed by atoms with Gasteiger partial charge in [0, 0.05) is 66.3 Å². The van der Waals surface area contributed by atoms with Crippen LogP contribution in [0, 0.1) is 0 Å². The first-order valence-electron chi connectivity index (χ1n) is 17.6. The zero-order chi connectivity index (χ0) is 40.9. The molecular weight excluding hydrogens is 734 g/mol. The van der Waals surface area contributed by atoms with E-state index in [1.165, 1.54) is 0 Å². The maximum Gasteiger partial charge on any atom is 0.326 e. The second-order valence-electron chi connectivity index (χ2n) is 13.1. The van der Waals surface area contributed by atoms with E-state index in [9.17, 15) is 48.6 Å². The molecule has 0 saturated carbocycles. The number of benzene rings is 2. The Morgan fingerprint density at radius 2 is 0.893 bits per heavy atom. The molecule has 0 unspecified atom stereocenters. The summed E-state index contributed by atoms with van der Waals surface area (Å²) >= 11 is 0. The molecule has 4 amide bonds. The highest BCUT2D eigenvalue weighted by atomic mass is 16.4. The molecule has 0 saturated heterocycles. The van der Waals surface area contributed by atoms with E-state index in [-0.39, 0.29) is 19.3 Å². The van der Waals surface area contributed by atoms with E-state index in [2.05, 4.69) is 31.2 Å². The van der Waals surface area contributed by atoms with Crippen LogP contribution in [0.15, 0.2) is 60.9 Å². The van der Waals surface area contributed by atoms with Crippen LogP contribution in [0.3, 0.4) is 0 Å². The number of fused-ring (bicyclic) bond motifs is 2. The van der Waals surface area contributed by atoms with Crippen molar-refractivity contribution >= 4 is 69.3 Å². The van der Waals surface area contributed by atoms with Crippen LogP contribution in [-0.4, -0.2) is 108 Å². The molecule has 12 N–H and O–H groups in total. The molecule has 4 aromatic rings. The Morgan fingerprint density at radius 1 is 0.518 bits per heavy atom. The van der Waals surface area contributed by atoms with E-state index < -0.39 is 110 Å². The number of para-hydroxylation sites is 2. The molecule has 2 aromatic carbocycles. The Bertz CT molecular complexity index is 2090. The predicted octanol–water partition coefficient (Wildman–Crippen LogP) is 0.380. The molecule has 2 aromatic heterocycles. The number of rotatable bonds is 22. The largest absolute Gasteiger partial charge is 0.481 e. The molecule has 19 nitrogen and oxygen atoms in total. The van der Waals surface area contributed by atoms with Crippen LogP contribution in [0.5, 0.6) is 0 Å². The molecule has 2 heterocycles. The van der Waals surface area contributed by atoms with Crippen LogP contribution < -0.4 is 27.0 Å². The summed E-state index contributed by atoms with van der Waals surface area (Å²) in [5, 5.41) is 48.5. The third-order valence-electron chi connectivity index (χ3n) is 9.01. The van der Waals surface area contributed by atoms with Gasteiger partial charge in [0.2, 0.25) is 23.6 Å². The molecular formula is C37H43N7O12. The van der Waals surface area contributed by atoms with Gasteiger partial charge < -0.3 is 57.4 Å². The second kappa shape index (κ2) is 19.5. The highest BCUT2D eigenvalue weighted by molar-refractivity contribution is 5.97. The van der Waals surface area contributed by atoms with Gasteiger partial charge in [-0.05, 0) is 42.5 Å². The smallest absolute Gasteiger partial charge is 0.326 e. The summed E-state index contributed by atoms with van der Waals surface area (Å²) in [7, 11) is 0. The lowest BCUT2D eigenvalue weighted by Crippen LogP contribution is -2.59. The normalized spacial score (nSPS) is 13.8. The first-order chi connectivity index (χ1) is 26.6. The number of nitrogens with one attached hydrogen (secondary N) is 6. The number of carbonyl (C=O) groups is 8. The molecule has 0 spiro atoms. The zero-order valence-corrected chi connectivity index (χ0v) is 29.9. The third kappa shape index (κ3) is 11.9. The van der Waals surface area contributed by atoms with Crippen LogP contribution in [0.25, 0.3) is 21.8 Å². The molecule has 0 radical (unpaired) electrons. The average molecular weight is 778 g/mol. The van der Waals surface area contributed by atoms with Gasteiger partial charge >= 0.3 is 23.9 Å². The number of carboxylic acids is 4. The van der Waals surface area contributed by atoms with Gasteiger partial charge in [0.15, 0.2) is 0 Å². The van der Waals surface area contributed by atoms with Crippen molar-refractivity contribution in [3.8, 4) is 0 Å². The van der Waals surface area contributed by atoms with Gasteiger partial charge in [-0.2, -0.15) is 0 Å². The Balaban J connectivity index is 1.63. The number of nitrogens with two attached hydrogens (primary N) is 1. The van der Waals surface area contributed by atoms with Crippen molar-refractivity contribution in [3.05, 3.63) is 72.1 Å².